The maximum absolute atomic E-state index is 14.0. The van der Waals surface area contributed by atoms with E-state index in [2.05, 4.69) is 9.88 Å². The minimum Gasteiger partial charge on any atom is -0.508 e. The van der Waals surface area contributed by atoms with Gasteiger partial charge in [0.25, 0.3) is 0 Å². The number of aryl methyl sites for hydroxylation is 1. The van der Waals surface area contributed by atoms with Crippen LogP contribution < -0.4 is 4.90 Å². The number of halogens is 1. The van der Waals surface area contributed by atoms with Crippen LogP contribution in [0, 0.1) is 12.7 Å². The second-order valence-electron chi connectivity index (χ2n) is 7.92. The Labute approximate surface area is 191 Å². The molecule has 3 aromatic rings. The summed E-state index contributed by atoms with van der Waals surface area (Å²) in [6.07, 6.45) is 0. The fourth-order valence-corrected chi connectivity index (χ4v) is 5.07. The minimum absolute atomic E-state index is 0.00693. The smallest absolute Gasteiger partial charge is 0.237 e. The number of amides is 1. The van der Waals surface area contributed by atoms with Crippen LogP contribution in [0.4, 0.5) is 10.1 Å². The maximum atomic E-state index is 14.0. The van der Waals surface area contributed by atoms with E-state index in [4.69, 9.17) is 4.42 Å². The molecule has 2 heterocycles. The van der Waals surface area contributed by atoms with E-state index in [9.17, 15) is 22.7 Å². The third-order valence-electron chi connectivity index (χ3n) is 5.54. The van der Waals surface area contributed by atoms with Crippen molar-refractivity contribution in [3.05, 3.63) is 65.8 Å². The molecule has 33 heavy (non-hydrogen) atoms. The summed E-state index contributed by atoms with van der Waals surface area (Å²) >= 11 is 0. The molecular formula is C23H24FN3O5S. The van der Waals surface area contributed by atoms with Gasteiger partial charge in [0.1, 0.15) is 23.1 Å². The predicted octanol–water partition coefficient (Wildman–Crippen LogP) is 2.76. The Morgan fingerprint density at radius 3 is 2.42 bits per heavy atom. The summed E-state index contributed by atoms with van der Waals surface area (Å²) in [5.41, 5.74) is 1.24. The Balaban J connectivity index is 1.37. The maximum Gasteiger partial charge on any atom is 0.237 e. The van der Waals surface area contributed by atoms with Gasteiger partial charge < -0.3 is 19.3 Å². The van der Waals surface area contributed by atoms with Gasteiger partial charge in [-0.25, -0.2) is 17.8 Å². The molecule has 174 valence electrons. The van der Waals surface area contributed by atoms with Crippen LogP contribution >= 0.6 is 0 Å². The van der Waals surface area contributed by atoms with Gasteiger partial charge in [0, 0.05) is 31.9 Å². The zero-order valence-electron chi connectivity index (χ0n) is 18.1. The van der Waals surface area contributed by atoms with Crippen LogP contribution in [-0.4, -0.2) is 61.2 Å². The zero-order chi connectivity index (χ0) is 23.6. The molecule has 1 aliphatic rings. The topological polar surface area (TPSA) is 104 Å². The summed E-state index contributed by atoms with van der Waals surface area (Å²) in [7, 11) is -3.80. The molecular weight excluding hydrogens is 449 g/mol. The number of sulfone groups is 1. The van der Waals surface area contributed by atoms with Crippen LogP contribution in [-0.2, 0) is 20.4 Å². The molecule has 1 amide bonds. The molecule has 8 nitrogen and oxygen atoms in total. The average molecular weight is 474 g/mol. The monoisotopic (exact) mass is 473 g/mol. The molecule has 1 N–H and O–H groups in total. The van der Waals surface area contributed by atoms with Crippen LogP contribution in [0.2, 0.25) is 0 Å². The number of nitrogens with zero attached hydrogens (tertiary/aromatic N) is 3. The van der Waals surface area contributed by atoms with Gasteiger partial charge >= 0.3 is 0 Å². The number of aromatic hydroxyl groups is 1. The number of carbonyl (C=O) groups is 1. The molecule has 0 saturated carbocycles. The number of oxazole rings is 1. The first-order valence-electron chi connectivity index (χ1n) is 10.5. The number of phenols is 1. The Kier molecular flexibility index (Phi) is 6.37. The summed E-state index contributed by atoms with van der Waals surface area (Å²) < 4.78 is 44.9. The molecule has 4 rings (SSSR count). The van der Waals surface area contributed by atoms with Crippen LogP contribution in [0.1, 0.15) is 11.5 Å². The SMILES string of the molecule is Cc1oc(-c2ccccc2F)nc1CS(=O)(=O)CC(=O)N1CCN(c2ccc(O)cc2)CC1. The van der Waals surface area contributed by atoms with Gasteiger partial charge in [-0.2, -0.15) is 0 Å². The Morgan fingerprint density at radius 2 is 1.76 bits per heavy atom. The third-order valence-corrected chi connectivity index (χ3v) is 6.94. The summed E-state index contributed by atoms with van der Waals surface area (Å²) in [4.78, 5) is 20.4. The van der Waals surface area contributed by atoms with Crippen LogP contribution in [0.25, 0.3) is 11.5 Å². The second kappa shape index (κ2) is 9.22. The van der Waals surface area contributed by atoms with E-state index in [1.54, 1.807) is 37.3 Å². The van der Waals surface area contributed by atoms with Crippen molar-refractivity contribution >= 4 is 21.4 Å². The molecule has 10 heteroatoms. The number of rotatable bonds is 6. The van der Waals surface area contributed by atoms with Gasteiger partial charge in [-0.1, -0.05) is 12.1 Å². The van der Waals surface area contributed by atoms with Crippen molar-refractivity contribution in [1.29, 1.82) is 0 Å². The van der Waals surface area contributed by atoms with E-state index in [-0.39, 0.29) is 28.7 Å². The molecule has 0 aliphatic carbocycles. The number of anilines is 1. The van der Waals surface area contributed by atoms with E-state index in [0.29, 0.717) is 26.2 Å². The van der Waals surface area contributed by atoms with Gasteiger partial charge in [0.15, 0.2) is 9.84 Å². The standard InChI is InChI=1S/C23H24FN3O5S/c1-16-21(25-23(32-16)19-4-2-3-5-20(19)24)14-33(30,31)15-22(29)27-12-10-26(11-13-27)17-6-8-18(28)9-7-17/h2-9,28H,10-15H2,1H3. The molecule has 1 aromatic heterocycles. The fraction of sp³-hybridized carbons (Fsp3) is 0.304. The normalized spacial score (nSPS) is 14.5. The number of hydrogen-bond donors (Lipinski definition) is 1. The van der Waals surface area contributed by atoms with Crippen molar-refractivity contribution in [2.45, 2.75) is 12.7 Å². The second-order valence-corrected chi connectivity index (χ2v) is 9.98. The Hall–Kier alpha value is -3.40. The van der Waals surface area contributed by atoms with Gasteiger partial charge in [-0.15, -0.1) is 0 Å². The predicted molar refractivity (Wildman–Crippen MR) is 121 cm³/mol. The van der Waals surface area contributed by atoms with Crippen molar-refractivity contribution in [3.63, 3.8) is 0 Å². The number of carbonyl (C=O) groups excluding carboxylic acids is 1. The Morgan fingerprint density at radius 1 is 1.09 bits per heavy atom. The first kappa shape index (κ1) is 22.8. The number of phenolic OH excluding ortho intramolecular Hbond substituents is 1. The van der Waals surface area contributed by atoms with E-state index in [0.717, 1.165) is 5.69 Å². The lowest BCUT2D eigenvalue weighted by atomic mass is 10.2. The number of aromatic nitrogens is 1. The lowest BCUT2D eigenvalue weighted by molar-refractivity contribution is -0.128. The zero-order valence-corrected chi connectivity index (χ0v) is 18.9. The number of piperazine rings is 1. The van der Waals surface area contributed by atoms with Crippen molar-refractivity contribution < 1.29 is 27.1 Å². The highest BCUT2D eigenvalue weighted by atomic mass is 32.2. The molecule has 0 spiro atoms. The summed E-state index contributed by atoms with van der Waals surface area (Å²) in [6.45, 7) is 3.48. The highest BCUT2D eigenvalue weighted by molar-refractivity contribution is 7.91. The van der Waals surface area contributed by atoms with Gasteiger partial charge in [0.05, 0.1) is 17.0 Å². The van der Waals surface area contributed by atoms with Gasteiger partial charge in [0.2, 0.25) is 11.8 Å². The fourth-order valence-electron chi connectivity index (χ4n) is 3.73. The average Bonchev–Trinajstić information content (AvgIpc) is 3.13. The van der Waals surface area contributed by atoms with Crippen molar-refractivity contribution in [2.75, 3.05) is 36.8 Å². The number of hydrogen-bond acceptors (Lipinski definition) is 7. The highest BCUT2D eigenvalue weighted by Gasteiger charge is 2.27. The lowest BCUT2D eigenvalue weighted by Crippen LogP contribution is -2.50. The minimum atomic E-state index is -3.80. The van der Waals surface area contributed by atoms with E-state index in [1.807, 2.05) is 0 Å². The van der Waals surface area contributed by atoms with Crippen molar-refractivity contribution in [1.82, 2.24) is 9.88 Å². The van der Waals surface area contributed by atoms with E-state index in [1.165, 1.54) is 23.1 Å². The molecule has 0 atom stereocenters. The molecule has 1 saturated heterocycles. The molecule has 1 aliphatic heterocycles. The first-order chi connectivity index (χ1) is 15.7. The summed E-state index contributed by atoms with van der Waals surface area (Å²) in [5.74, 6) is -1.62. The lowest BCUT2D eigenvalue weighted by Gasteiger charge is -2.36. The van der Waals surface area contributed by atoms with Crippen LogP contribution in [0.15, 0.2) is 52.9 Å². The quantitative estimate of drug-likeness (QED) is 0.587. The Bertz CT molecular complexity index is 1250. The summed E-state index contributed by atoms with van der Waals surface area (Å²) in [6, 6.07) is 12.7. The van der Waals surface area contributed by atoms with Gasteiger partial charge in [-0.3, -0.25) is 4.79 Å². The molecule has 2 aromatic carbocycles. The molecule has 0 bridgehead atoms. The molecule has 0 radical (unpaired) electrons. The first-order valence-corrected chi connectivity index (χ1v) is 12.3. The van der Waals surface area contributed by atoms with Crippen LogP contribution in [0.3, 0.4) is 0 Å². The largest absolute Gasteiger partial charge is 0.508 e. The third kappa shape index (κ3) is 5.33. The van der Waals surface area contributed by atoms with Crippen LogP contribution in [0.5, 0.6) is 5.75 Å². The number of benzene rings is 2. The summed E-state index contributed by atoms with van der Waals surface area (Å²) in [5, 5.41) is 9.42. The van der Waals surface area contributed by atoms with E-state index < -0.39 is 33.1 Å². The highest BCUT2D eigenvalue weighted by Crippen LogP contribution is 2.25. The van der Waals surface area contributed by atoms with E-state index >= 15 is 0 Å². The molecule has 0 unspecified atom stereocenters. The van der Waals surface area contributed by atoms with Crippen molar-refractivity contribution in [2.24, 2.45) is 0 Å². The molecule has 1 fully saturated rings. The van der Waals surface area contributed by atoms with Gasteiger partial charge in [-0.05, 0) is 43.3 Å². The van der Waals surface area contributed by atoms with Crippen molar-refractivity contribution in [3.8, 4) is 17.2 Å².